The molecule has 5 nitrogen and oxygen atoms in total. The number of anilines is 2. The Labute approximate surface area is 162 Å². The Bertz CT molecular complexity index is 1020. The van der Waals surface area contributed by atoms with E-state index in [1.54, 1.807) is 0 Å². The van der Waals surface area contributed by atoms with Crippen LogP contribution in [0, 0.1) is 12.8 Å². The number of carbonyl (C=O) groups excluding carboxylic acids is 1. The highest BCUT2D eigenvalue weighted by atomic mass is 32.2. The highest BCUT2D eigenvalue weighted by molar-refractivity contribution is 8.01. The molecule has 6 heteroatoms. The molecule has 0 atom stereocenters. The van der Waals surface area contributed by atoms with Gasteiger partial charge in [0.2, 0.25) is 5.91 Å². The highest BCUT2D eigenvalue weighted by Crippen LogP contribution is 2.37. The van der Waals surface area contributed by atoms with E-state index in [9.17, 15) is 4.79 Å². The molecule has 0 bridgehead atoms. The molecule has 0 unspecified atom stereocenters. The molecule has 2 heterocycles. The van der Waals surface area contributed by atoms with E-state index in [4.69, 9.17) is 0 Å². The van der Waals surface area contributed by atoms with Crippen LogP contribution in [0.5, 0.6) is 0 Å². The molecule has 1 aromatic carbocycles. The molecule has 1 amide bonds. The second kappa shape index (κ2) is 6.60. The van der Waals surface area contributed by atoms with Gasteiger partial charge in [0.15, 0.2) is 0 Å². The summed E-state index contributed by atoms with van der Waals surface area (Å²) in [5.41, 5.74) is 5.38. The van der Waals surface area contributed by atoms with Crippen molar-refractivity contribution in [2.45, 2.75) is 37.9 Å². The molecule has 5 rings (SSSR count). The summed E-state index contributed by atoms with van der Waals surface area (Å²) >= 11 is 1.82. The number of fused-ring (bicyclic) bond motifs is 1. The molecular formula is C21H22N4OS. The van der Waals surface area contributed by atoms with Gasteiger partial charge in [-0.3, -0.25) is 4.79 Å². The number of nitrogens with zero attached hydrogens (tertiary/aromatic N) is 1. The first-order valence-corrected chi connectivity index (χ1v) is 10.4. The zero-order valence-corrected chi connectivity index (χ0v) is 16.0. The molecule has 2 aliphatic carbocycles. The SMILES string of the molecule is Cc1cc(NSC2CC2)ccc1-c1cc(NC(=O)C2CC2)nc2[nH]ccc12. The topological polar surface area (TPSA) is 69.8 Å². The molecule has 0 aliphatic heterocycles. The number of carbonyl (C=O) groups is 1. The van der Waals surface area contributed by atoms with Gasteiger partial charge in [-0.15, -0.1) is 0 Å². The van der Waals surface area contributed by atoms with Gasteiger partial charge in [-0.25, -0.2) is 4.98 Å². The second-order valence-corrected chi connectivity index (χ2v) is 8.61. The number of benzene rings is 1. The van der Waals surface area contributed by atoms with Crippen molar-refractivity contribution in [3.05, 3.63) is 42.1 Å². The van der Waals surface area contributed by atoms with E-state index in [1.807, 2.05) is 30.3 Å². The number of rotatable bonds is 6. The van der Waals surface area contributed by atoms with Crippen molar-refractivity contribution in [3.63, 3.8) is 0 Å². The van der Waals surface area contributed by atoms with Gasteiger partial charge in [-0.1, -0.05) is 6.07 Å². The van der Waals surface area contributed by atoms with Crippen molar-refractivity contribution < 1.29 is 4.79 Å². The fourth-order valence-electron chi connectivity index (χ4n) is 3.26. The first-order chi connectivity index (χ1) is 13.2. The number of amides is 1. The third-order valence-electron chi connectivity index (χ3n) is 5.11. The normalized spacial score (nSPS) is 16.5. The van der Waals surface area contributed by atoms with E-state index in [1.165, 1.54) is 18.4 Å². The van der Waals surface area contributed by atoms with Gasteiger partial charge in [-0.05, 0) is 85.5 Å². The number of hydrogen-bond acceptors (Lipinski definition) is 4. The van der Waals surface area contributed by atoms with Gasteiger partial charge in [0.05, 0.1) is 0 Å². The third-order valence-corrected chi connectivity index (χ3v) is 6.27. The lowest BCUT2D eigenvalue weighted by Gasteiger charge is -2.13. The Morgan fingerprint density at radius 2 is 2.00 bits per heavy atom. The van der Waals surface area contributed by atoms with Crippen molar-refractivity contribution in [2.24, 2.45) is 5.92 Å². The smallest absolute Gasteiger partial charge is 0.228 e. The summed E-state index contributed by atoms with van der Waals surface area (Å²) in [6, 6.07) is 10.5. The van der Waals surface area contributed by atoms with Crippen molar-refractivity contribution in [2.75, 3.05) is 10.0 Å². The van der Waals surface area contributed by atoms with Gasteiger partial charge in [-0.2, -0.15) is 0 Å². The average Bonchev–Trinajstić information content (AvgIpc) is 3.57. The van der Waals surface area contributed by atoms with Crippen LogP contribution < -0.4 is 10.0 Å². The predicted molar refractivity (Wildman–Crippen MR) is 112 cm³/mol. The lowest BCUT2D eigenvalue weighted by Crippen LogP contribution is -2.14. The van der Waals surface area contributed by atoms with E-state index < -0.39 is 0 Å². The van der Waals surface area contributed by atoms with E-state index in [0.29, 0.717) is 5.82 Å². The molecular weight excluding hydrogens is 356 g/mol. The zero-order valence-electron chi connectivity index (χ0n) is 15.2. The fraction of sp³-hybridized carbons (Fsp3) is 0.333. The molecule has 27 heavy (non-hydrogen) atoms. The fourth-order valence-corrected chi connectivity index (χ4v) is 4.07. The minimum absolute atomic E-state index is 0.0766. The molecule has 2 aromatic heterocycles. The Kier molecular flexibility index (Phi) is 4.08. The van der Waals surface area contributed by atoms with E-state index >= 15 is 0 Å². The van der Waals surface area contributed by atoms with Gasteiger partial charge >= 0.3 is 0 Å². The maximum atomic E-state index is 12.2. The number of aromatic amines is 1. The summed E-state index contributed by atoms with van der Waals surface area (Å²) in [5, 5.41) is 4.81. The van der Waals surface area contributed by atoms with Crippen LogP contribution in [0.2, 0.25) is 0 Å². The monoisotopic (exact) mass is 378 g/mol. The maximum absolute atomic E-state index is 12.2. The largest absolute Gasteiger partial charge is 0.346 e. The summed E-state index contributed by atoms with van der Waals surface area (Å²) < 4.78 is 3.46. The van der Waals surface area contributed by atoms with E-state index in [0.717, 1.165) is 45.9 Å². The van der Waals surface area contributed by atoms with Crippen LogP contribution in [0.4, 0.5) is 11.5 Å². The Balaban J connectivity index is 1.48. The van der Waals surface area contributed by atoms with Crippen LogP contribution in [-0.2, 0) is 4.79 Å². The van der Waals surface area contributed by atoms with Gasteiger partial charge < -0.3 is 15.0 Å². The van der Waals surface area contributed by atoms with Crippen LogP contribution >= 0.6 is 11.9 Å². The van der Waals surface area contributed by atoms with Gasteiger partial charge in [0.25, 0.3) is 0 Å². The zero-order chi connectivity index (χ0) is 18.4. The van der Waals surface area contributed by atoms with Crippen LogP contribution in [0.3, 0.4) is 0 Å². The molecule has 3 N–H and O–H groups in total. The first kappa shape index (κ1) is 16.7. The molecule has 3 aromatic rings. The van der Waals surface area contributed by atoms with Gasteiger partial charge in [0, 0.05) is 28.4 Å². The van der Waals surface area contributed by atoms with Crippen LogP contribution in [0.1, 0.15) is 31.2 Å². The van der Waals surface area contributed by atoms with Crippen LogP contribution in [0.15, 0.2) is 36.5 Å². The van der Waals surface area contributed by atoms with E-state index in [2.05, 4.69) is 45.1 Å². The van der Waals surface area contributed by atoms with Crippen molar-refractivity contribution in [3.8, 4) is 11.1 Å². The molecule has 0 radical (unpaired) electrons. The number of aryl methyl sites for hydroxylation is 1. The van der Waals surface area contributed by atoms with Crippen LogP contribution in [0.25, 0.3) is 22.2 Å². The number of pyridine rings is 1. The maximum Gasteiger partial charge on any atom is 0.228 e. The molecule has 2 saturated carbocycles. The summed E-state index contributed by atoms with van der Waals surface area (Å²) in [6.45, 7) is 2.13. The average molecular weight is 379 g/mol. The standard InChI is InChI=1S/C21H22N4OS/c1-12-10-14(25-27-15-5-6-15)4-7-16(12)18-11-19(24-21(26)13-2-3-13)23-20-17(18)8-9-22-20/h4,7-11,13,15,25H,2-3,5-6H2,1H3,(H2,22,23,24,26). The minimum Gasteiger partial charge on any atom is -0.346 e. The van der Waals surface area contributed by atoms with Crippen LogP contribution in [-0.4, -0.2) is 21.1 Å². The molecule has 0 saturated heterocycles. The van der Waals surface area contributed by atoms with Gasteiger partial charge in [0.1, 0.15) is 11.5 Å². The lowest BCUT2D eigenvalue weighted by atomic mass is 9.98. The van der Waals surface area contributed by atoms with E-state index in [-0.39, 0.29) is 11.8 Å². The minimum atomic E-state index is 0.0766. The Morgan fingerprint density at radius 3 is 2.74 bits per heavy atom. The first-order valence-electron chi connectivity index (χ1n) is 9.49. The predicted octanol–water partition coefficient (Wildman–Crippen LogP) is 5.11. The lowest BCUT2D eigenvalue weighted by molar-refractivity contribution is -0.117. The quantitative estimate of drug-likeness (QED) is 0.521. The second-order valence-electron chi connectivity index (χ2n) is 7.51. The molecule has 2 fully saturated rings. The Morgan fingerprint density at radius 1 is 1.15 bits per heavy atom. The summed E-state index contributed by atoms with van der Waals surface area (Å²) in [4.78, 5) is 19.9. The third kappa shape index (κ3) is 3.54. The highest BCUT2D eigenvalue weighted by Gasteiger charge is 2.30. The number of aromatic nitrogens is 2. The number of H-pyrrole nitrogens is 1. The summed E-state index contributed by atoms with van der Waals surface area (Å²) in [6.07, 6.45) is 6.48. The summed E-state index contributed by atoms with van der Waals surface area (Å²) in [7, 11) is 0. The molecule has 0 spiro atoms. The number of nitrogens with one attached hydrogen (secondary N) is 3. The number of hydrogen-bond donors (Lipinski definition) is 3. The van der Waals surface area contributed by atoms with Crippen molar-refractivity contribution >= 4 is 40.4 Å². The van der Waals surface area contributed by atoms with Crippen molar-refractivity contribution in [1.82, 2.24) is 9.97 Å². The molecule has 138 valence electrons. The Hall–Kier alpha value is -2.47. The van der Waals surface area contributed by atoms with Crippen molar-refractivity contribution in [1.29, 1.82) is 0 Å². The molecule has 2 aliphatic rings. The summed E-state index contributed by atoms with van der Waals surface area (Å²) in [5.74, 6) is 0.848.